The molecule has 0 unspecified atom stereocenters. The summed E-state index contributed by atoms with van der Waals surface area (Å²) in [6, 6.07) is 11.0. The number of benzene rings is 1. The lowest BCUT2D eigenvalue weighted by molar-refractivity contribution is 0.148. The molecule has 0 amide bonds. The summed E-state index contributed by atoms with van der Waals surface area (Å²) in [6.07, 6.45) is 7.84. The summed E-state index contributed by atoms with van der Waals surface area (Å²) in [4.78, 5) is 18.5. The fourth-order valence-electron chi connectivity index (χ4n) is 6.01. The maximum Gasteiger partial charge on any atom is 0.253 e. The van der Waals surface area contributed by atoms with Crippen LogP contribution < -0.4 is 10.5 Å². The van der Waals surface area contributed by atoms with Gasteiger partial charge in [0.05, 0.1) is 17.7 Å². The molecule has 3 aromatic rings. The summed E-state index contributed by atoms with van der Waals surface area (Å²) in [5, 5.41) is 19.6. The zero-order valence-corrected chi connectivity index (χ0v) is 19.7. The second kappa shape index (κ2) is 7.68. The molecule has 0 aliphatic heterocycles. The average Bonchev–Trinajstić information content (AvgIpc) is 3.01. The van der Waals surface area contributed by atoms with Gasteiger partial charge in [0.1, 0.15) is 5.75 Å². The highest BCUT2D eigenvalue weighted by Gasteiger charge is 2.49. The Morgan fingerprint density at radius 2 is 1.76 bits per heavy atom. The van der Waals surface area contributed by atoms with Crippen LogP contribution in [0.4, 0.5) is 5.82 Å². The van der Waals surface area contributed by atoms with Gasteiger partial charge in [0.15, 0.2) is 5.82 Å². The van der Waals surface area contributed by atoms with E-state index in [0.29, 0.717) is 39.4 Å². The van der Waals surface area contributed by atoms with Gasteiger partial charge in [-0.25, -0.2) is 4.98 Å². The molecule has 2 fully saturated rings. The van der Waals surface area contributed by atoms with Crippen LogP contribution >= 0.6 is 0 Å². The SMILES string of the molecule is CN(c1ccc(-c2ccc(-c3cc(=O)n(C)cn3)cc2O)nn1)[C@H]1C[C@]2(C)CC[C@](C)(C1)C2. The van der Waals surface area contributed by atoms with Gasteiger partial charge < -0.3 is 14.6 Å². The zero-order chi connectivity index (χ0) is 23.4. The number of aromatic nitrogens is 4. The molecule has 2 aromatic heterocycles. The van der Waals surface area contributed by atoms with E-state index in [9.17, 15) is 9.90 Å². The Balaban J connectivity index is 1.36. The van der Waals surface area contributed by atoms with Gasteiger partial charge in [-0.05, 0) is 67.2 Å². The maximum atomic E-state index is 11.9. The van der Waals surface area contributed by atoms with Crippen LogP contribution in [0.25, 0.3) is 22.5 Å². The van der Waals surface area contributed by atoms with Crippen LogP contribution in [0.15, 0.2) is 47.5 Å². The fraction of sp³-hybridized carbons (Fsp3) is 0.462. The molecule has 2 bridgehead atoms. The first-order chi connectivity index (χ1) is 15.6. The smallest absolute Gasteiger partial charge is 0.253 e. The van der Waals surface area contributed by atoms with Crippen LogP contribution in [-0.4, -0.2) is 37.9 Å². The molecule has 2 aliphatic rings. The van der Waals surface area contributed by atoms with Crippen molar-refractivity contribution in [2.75, 3.05) is 11.9 Å². The van der Waals surface area contributed by atoms with Crippen molar-refractivity contribution in [3.8, 4) is 28.3 Å². The topological polar surface area (TPSA) is 84.1 Å². The number of hydrogen-bond donors (Lipinski definition) is 1. The second-order valence-electron chi connectivity index (χ2n) is 10.7. The van der Waals surface area contributed by atoms with Crippen molar-refractivity contribution in [2.45, 2.75) is 52.0 Å². The predicted octanol–water partition coefficient (Wildman–Crippen LogP) is 4.41. The highest BCUT2D eigenvalue weighted by molar-refractivity contribution is 5.73. The summed E-state index contributed by atoms with van der Waals surface area (Å²) in [5.41, 5.74) is 3.12. The molecule has 2 saturated carbocycles. The first-order valence-electron chi connectivity index (χ1n) is 11.6. The Labute approximate surface area is 194 Å². The third-order valence-electron chi connectivity index (χ3n) is 7.75. The Kier molecular flexibility index (Phi) is 5.03. The number of aromatic hydroxyl groups is 1. The van der Waals surface area contributed by atoms with E-state index >= 15 is 0 Å². The minimum absolute atomic E-state index is 0.0788. The molecule has 7 heteroatoms. The molecular weight excluding hydrogens is 414 g/mol. The Bertz CT molecular complexity index is 1240. The average molecular weight is 446 g/mol. The van der Waals surface area contributed by atoms with Crippen LogP contribution in [0.1, 0.15) is 46.0 Å². The van der Waals surface area contributed by atoms with Crippen molar-refractivity contribution < 1.29 is 5.11 Å². The minimum Gasteiger partial charge on any atom is -0.507 e. The van der Waals surface area contributed by atoms with E-state index < -0.39 is 0 Å². The molecule has 2 aliphatic carbocycles. The molecule has 7 nitrogen and oxygen atoms in total. The van der Waals surface area contributed by atoms with Gasteiger partial charge in [-0.15, -0.1) is 10.2 Å². The monoisotopic (exact) mass is 445 g/mol. The largest absolute Gasteiger partial charge is 0.507 e. The maximum absolute atomic E-state index is 11.9. The van der Waals surface area contributed by atoms with Crippen molar-refractivity contribution in [1.29, 1.82) is 0 Å². The number of fused-ring (bicyclic) bond motifs is 2. The highest BCUT2D eigenvalue weighted by Crippen LogP contribution is 2.58. The third kappa shape index (κ3) is 4.01. The molecule has 0 radical (unpaired) electrons. The van der Waals surface area contributed by atoms with E-state index in [0.717, 1.165) is 5.82 Å². The van der Waals surface area contributed by atoms with Gasteiger partial charge in [0, 0.05) is 37.3 Å². The first-order valence-corrected chi connectivity index (χ1v) is 11.6. The van der Waals surface area contributed by atoms with Crippen LogP contribution in [0, 0.1) is 10.8 Å². The molecule has 1 N–H and O–H groups in total. The number of phenolic OH excluding ortho intramolecular Hbond substituents is 1. The van der Waals surface area contributed by atoms with Gasteiger partial charge in [0.2, 0.25) is 0 Å². The van der Waals surface area contributed by atoms with E-state index in [-0.39, 0.29) is 11.3 Å². The molecule has 1 aromatic carbocycles. The van der Waals surface area contributed by atoms with Crippen LogP contribution in [0.2, 0.25) is 0 Å². The molecule has 3 atom stereocenters. The van der Waals surface area contributed by atoms with Crippen molar-refractivity contribution >= 4 is 5.82 Å². The molecule has 0 saturated heterocycles. The number of hydrogen-bond acceptors (Lipinski definition) is 6. The van der Waals surface area contributed by atoms with E-state index in [1.165, 1.54) is 49.1 Å². The Morgan fingerprint density at radius 1 is 1.03 bits per heavy atom. The van der Waals surface area contributed by atoms with E-state index in [4.69, 9.17) is 0 Å². The van der Waals surface area contributed by atoms with Gasteiger partial charge in [0.25, 0.3) is 5.56 Å². The fourth-order valence-corrected chi connectivity index (χ4v) is 6.01. The molecule has 172 valence electrons. The van der Waals surface area contributed by atoms with Gasteiger partial charge >= 0.3 is 0 Å². The summed E-state index contributed by atoms with van der Waals surface area (Å²) < 4.78 is 1.41. The van der Waals surface area contributed by atoms with Gasteiger partial charge in [-0.3, -0.25) is 4.79 Å². The zero-order valence-electron chi connectivity index (χ0n) is 19.7. The predicted molar refractivity (Wildman–Crippen MR) is 129 cm³/mol. The number of rotatable bonds is 4. The first kappa shape index (κ1) is 21.6. The number of nitrogens with zero attached hydrogens (tertiary/aromatic N) is 5. The van der Waals surface area contributed by atoms with Crippen LogP contribution in [0.3, 0.4) is 0 Å². The minimum atomic E-state index is -0.150. The highest BCUT2D eigenvalue weighted by atomic mass is 16.3. The second-order valence-corrected chi connectivity index (χ2v) is 10.7. The summed E-state index contributed by atoms with van der Waals surface area (Å²) in [5.74, 6) is 0.938. The van der Waals surface area contributed by atoms with E-state index in [1.807, 2.05) is 18.2 Å². The van der Waals surface area contributed by atoms with Crippen molar-refractivity contribution in [1.82, 2.24) is 19.7 Å². The lowest BCUT2D eigenvalue weighted by Gasteiger charge is -2.44. The van der Waals surface area contributed by atoms with Crippen molar-refractivity contribution in [3.05, 3.63) is 53.1 Å². The Hall–Kier alpha value is -3.22. The molecule has 33 heavy (non-hydrogen) atoms. The summed E-state index contributed by atoms with van der Waals surface area (Å²) >= 11 is 0. The van der Waals surface area contributed by atoms with E-state index in [1.54, 1.807) is 19.2 Å². The standard InChI is InChI=1S/C26H31N5O2/c1-25-9-10-26(2,15-25)14-18(13-25)31(4)23-8-7-20(28-29-23)19-6-5-17(11-22(19)32)21-12-24(33)30(3)16-27-21/h5-8,11-12,16,18,32H,9-10,13-15H2,1-4H3/t18-,25-,26+. The summed E-state index contributed by atoms with van der Waals surface area (Å²) in [7, 11) is 3.77. The number of anilines is 1. The van der Waals surface area contributed by atoms with Crippen molar-refractivity contribution in [3.63, 3.8) is 0 Å². The molecule has 0 spiro atoms. The van der Waals surface area contributed by atoms with Crippen molar-refractivity contribution in [2.24, 2.45) is 17.9 Å². The number of phenols is 1. The van der Waals surface area contributed by atoms with Crippen LogP contribution in [-0.2, 0) is 7.05 Å². The normalized spacial score (nSPS) is 26.4. The quantitative estimate of drug-likeness (QED) is 0.641. The van der Waals surface area contributed by atoms with Gasteiger partial charge in [-0.1, -0.05) is 19.9 Å². The third-order valence-corrected chi connectivity index (χ3v) is 7.75. The van der Waals surface area contributed by atoms with Gasteiger partial charge in [-0.2, -0.15) is 0 Å². The molecular formula is C26H31N5O2. The molecule has 5 rings (SSSR count). The van der Waals surface area contributed by atoms with Crippen LogP contribution in [0.5, 0.6) is 5.75 Å². The number of aryl methyl sites for hydroxylation is 1. The van der Waals surface area contributed by atoms with E-state index in [2.05, 4.69) is 41.0 Å². The lowest BCUT2D eigenvalue weighted by atomic mass is 9.68. The molecule has 2 heterocycles. The lowest BCUT2D eigenvalue weighted by Crippen LogP contribution is -2.42. The summed E-state index contributed by atoms with van der Waals surface area (Å²) in [6.45, 7) is 4.87. The Morgan fingerprint density at radius 3 is 2.36 bits per heavy atom.